The normalized spacial score (nSPS) is 26.1. The fourth-order valence-corrected chi connectivity index (χ4v) is 2.46. The second-order valence-electron chi connectivity index (χ2n) is 4.58. The SMILES string of the molecule is CC1CCCCCC1Nc1ccnc(Cl)n1. The number of nitrogens with one attached hydrogen (secondary N) is 1. The third-order valence-electron chi connectivity index (χ3n) is 3.32. The summed E-state index contributed by atoms with van der Waals surface area (Å²) in [5, 5.41) is 3.79. The Morgan fingerprint density at radius 1 is 1.31 bits per heavy atom. The van der Waals surface area contributed by atoms with E-state index in [1.54, 1.807) is 6.20 Å². The molecule has 0 bridgehead atoms. The van der Waals surface area contributed by atoms with Crippen LogP contribution in [0.5, 0.6) is 0 Å². The Morgan fingerprint density at radius 2 is 2.12 bits per heavy atom. The summed E-state index contributed by atoms with van der Waals surface area (Å²) >= 11 is 5.77. The van der Waals surface area contributed by atoms with Crippen molar-refractivity contribution in [2.45, 2.75) is 45.1 Å². The van der Waals surface area contributed by atoms with Crippen LogP contribution in [0.15, 0.2) is 12.3 Å². The molecule has 0 aliphatic heterocycles. The number of anilines is 1. The Balaban J connectivity index is 2.02. The van der Waals surface area contributed by atoms with Gasteiger partial charge in [-0.2, -0.15) is 0 Å². The Morgan fingerprint density at radius 3 is 2.94 bits per heavy atom. The van der Waals surface area contributed by atoms with Gasteiger partial charge in [0.1, 0.15) is 5.82 Å². The molecular formula is C12H18ClN3. The lowest BCUT2D eigenvalue weighted by atomic mass is 9.97. The van der Waals surface area contributed by atoms with E-state index in [1.807, 2.05) is 6.07 Å². The summed E-state index contributed by atoms with van der Waals surface area (Å²) < 4.78 is 0. The van der Waals surface area contributed by atoms with E-state index in [1.165, 1.54) is 32.1 Å². The lowest BCUT2D eigenvalue weighted by molar-refractivity contribution is 0.455. The first-order valence-corrected chi connectivity index (χ1v) is 6.38. The second-order valence-corrected chi connectivity index (χ2v) is 4.92. The monoisotopic (exact) mass is 239 g/mol. The van der Waals surface area contributed by atoms with Gasteiger partial charge in [-0.05, 0) is 36.4 Å². The third kappa shape index (κ3) is 3.08. The van der Waals surface area contributed by atoms with Crippen LogP contribution in [0.4, 0.5) is 5.82 Å². The zero-order chi connectivity index (χ0) is 11.4. The Hall–Kier alpha value is -0.830. The average molecular weight is 240 g/mol. The first kappa shape index (κ1) is 11.6. The van der Waals surface area contributed by atoms with Crippen LogP contribution in [0.3, 0.4) is 0 Å². The van der Waals surface area contributed by atoms with Gasteiger partial charge in [0.15, 0.2) is 0 Å². The first-order chi connectivity index (χ1) is 7.75. The largest absolute Gasteiger partial charge is 0.367 e. The summed E-state index contributed by atoms with van der Waals surface area (Å²) in [7, 11) is 0. The van der Waals surface area contributed by atoms with Gasteiger partial charge in [0.05, 0.1) is 0 Å². The summed E-state index contributed by atoms with van der Waals surface area (Å²) in [6.45, 7) is 2.31. The summed E-state index contributed by atoms with van der Waals surface area (Å²) in [6, 6.07) is 2.40. The van der Waals surface area contributed by atoms with E-state index in [-0.39, 0.29) is 0 Å². The number of rotatable bonds is 2. The highest BCUT2D eigenvalue weighted by Gasteiger charge is 2.19. The van der Waals surface area contributed by atoms with Crippen LogP contribution < -0.4 is 5.32 Å². The lowest BCUT2D eigenvalue weighted by Crippen LogP contribution is -2.26. The fourth-order valence-electron chi connectivity index (χ4n) is 2.31. The molecule has 1 aromatic heterocycles. The highest BCUT2D eigenvalue weighted by Crippen LogP contribution is 2.25. The molecular weight excluding hydrogens is 222 g/mol. The maximum absolute atomic E-state index is 5.77. The molecule has 4 heteroatoms. The number of hydrogen-bond donors (Lipinski definition) is 1. The first-order valence-electron chi connectivity index (χ1n) is 6.01. The summed E-state index contributed by atoms with van der Waals surface area (Å²) in [6.07, 6.45) is 8.23. The van der Waals surface area contributed by atoms with E-state index >= 15 is 0 Å². The van der Waals surface area contributed by atoms with Crippen molar-refractivity contribution in [2.75, 3.05) is 5.32 Å². The van der Waals surface area contributed by atoms with Gasteiger partial charge >= 0.3 is 0 Å². The highest BCUT2D eigenvalue weighted by atomic mass is 35.5. The van der Waals surface area contributed by atoms with Crippen molar-refractivity contribution in [2.24, 2.45) is 5.92 Å². The minimum Gasteiger partial charge on any atom is -0.367 e. The van der Waals surface area contributed by atoms with E-state index in [2.05, 4.69) is 22.2 Å². The van der Waals surface area contributed by atoms with Gasteiger partial charge in [-0.1, -0.05) is 26.2 Å². The fraction of sp³-hybridized carbons (Fsp3) is 0.667. The number of halogens is 1. The van der Waals surface area contributed by atoms with Crippen LogP contribution in [-0.4, -0.2) is 16.0 Å². The van der Waals surface area contributed by atoms with Crippen LogP contribution in [-0.2, 0) is 0 Å². The molecule has 0 radical (unpaired) electrons. The van der Waals surface area contributed by atoms with E-state index in [0.717, 1.165) is 5.82 Å². The Kier molecular flexibility index (Phi) is 3.99. The van der Waals surface area contributed by atoms with Crippen LogP contribution in [0.2, 0.25) is 5.28 Å². The number of aromatic nitrogens is 2. The van der Waals surface area contributed by atoms with Crippen molar-refractivity contribution >= 4 is 17.4 Å². The molecule has 1 aliphatic carbocycles. The predicted octanol–water partition coefficient (Wildman–Crippen LogP) is 3.51. The van der Waals surface area contributed by atoms with Gasteiger partial charge in [0.2, 0.25) is 5.28 Å². The maximum atomic E-state index is 5.77. The minimum atomic E-state index is 0.311. The van der Waals surface area contributed by atoms with Gasteiger partial charge < -0.3 is 5.32 Å². The molecule has 1 fully saturated rings. The molecule has 1 N–H and O–H groups in total. The molecule has 0 aromatic carbocycles. The topological polar surface area (TPSA) is 37.8 Å². The van der Waals surface area contributed by atoms with Crippen LogP contribution in [0.25, 0.3) is 0 Å². The maximum Gasteiger partial charge on any atom is 0.224 e. The van der Waals surface area contributed by atoms with Crippen molar-refractivity contribution in [1.82, 2.24) is 9.97 Å². The Bertz CT molecular complexity index is 343. The van der Waals surface area contributed by atoms with Crippen LogP contribution in [0.1, 0.15) is 39.0 Å². The van der Waals surface area contributed by atoms with E-state index in [4.69, 9.17) is 11.6 Å². The molecule has 1 aliphatic rings. The van der Waals surface area contributed by atoms with Crippen molar-refractivity contribution in [1.29, 1.82) is 0 Å². The zero-order valence-electron chi connectivity index (χ0n) is 9.62. The van der Waals surface area contributed by atoms with E-state index in [0.29, 0.717) is 17.2 Å². The molecule has 88 valence electrons. The van der Waals surface area contributed by atoms with Crippen molar-refractivity contribution in [3.8, 4) is 0 Å². The lowest BCUT2D eigenvalue weighted by Gasteiger charge is -2.23. The van der Waals surface area contributed by atoms with E-state index < -0.39 is 0 Å². The molecule has 1 aromatic rings. The van der Waals surface area contributed by atoms with Gasteiger partial charge in [0, 0.05) is 12.2 Å². The predicted molar refractivity (Wildman–Crippen MR) is 66.7 cm³/mol. The van der Waals surface area contributed by atoms with Gasteiger partial charge in [-0.25, -0.2) is 9.97 Å². The molecule has 0 amide bonds. The smallest absolute Gasteiger partial charge is 0.224 e. The van der Waals surface area contributed by atoms with Crippen molar-refractivity contribution in [3.63, 3.8) is 0 Å². The van der Waals surface area contributed by atoms with E-state index in [9.17, 15) is 0 Å². The van der Waals surface area contributed by atoms with Crippen LogP contribution in [0, 0.1) is 5.92 Å². The molecule has 1 saturated carbocycles. The molecule has 3 nitrogen and oxygen atoms in total. The van der Waals surface area contributed by atoms with Gasteiger partial charge in [0.25, 0.3) is 0 Å². The summed E-state index contributed by atoms with van der Waals surface area (Å²) in [4.78, 5) is 8.06. The molecule has 16 heavy (non-hydrogen) atoms. The van der Waals surface area contributed by atoms with Crippen molar-refractivity contribution < 1.29 is 0 Å². The average Bonchev–Trinajstić information content (AvgIpc) is 2.45. The molecule has 2 atom stereocenters. The number of hydrogen-bond acceptors (Lipinski definition) is 3. The molecule has 1 heterocycles. The summed E-state index contributed by atoms with van der Waals surface area (Å²) in [5.41, 5.74) is 0. The van der Waals surface area contributed by atoms with Gasteiger partial charge in [-0.15, -0.1) is 0 Å². The highest BCUT2D eigenvalue weighted by molar-refractivity contribution is 6.28. The summed E-state index contributed by atoms with van der Waals surface area (Å²) in [5.74, 6) is 1.55. The minimum absolute atomic E-state index is 0.311. The molecule has 0 saturated heterocycles. The van der Waals surface area contributed by atoms with Crippen LogP contribution >= 0.6 is 11.6 Å². The second kappa shape index (κ2) is 5.48. The molecule has 0 spiro atoms. The zero-order valence-corrected chi connectivity index (χ0v) is 10.4. The third-order valence-corrected chi connectivity index (χ3v) is 3.50. The quantitative estimate of drug-likeness (QED) is 0.634. The number of nitrogens with zero attached hydrogens (tertiary/aromatic N) is 2. The molecule has 2 unspecified atom stereocenters. The standard InChI is InChI=1S/C12H18ClN3/c1-9-5-3-2-4-6-10(9)15-11-7-8-14-12(13)16-11/h7-10H,2-6H2,1H3,(H,14,15,16). The van der Waals surface area contributed by atoms with Crippen molar-refractivity contribution in [3.05, 3.63) is 17.5 Å². The van der Waals surface area contributed by atoms with Gasteiger partial charge in [-0.3, -0.25) is 0 Å². The molecule has 2 rings (SSSR count). The Labute approximate surface area is 102 Å².